The maximum Gasteiger partial charge on any atom is 0.321 e. The van der Waals surface area contributed by atoms with Gasteiger partial charge in [-0.1, -0.05) is 42.1 Å². The molecule has 2 N–H and O–H groups in total. The Balaban J connectivity index is 2.00. The van der Waals surface area contributed by atoms with Crippen molar-refractivity contribution in [2.75, 3.05) is 12.3 Å². The molecule has 1 heterocycles. The molecule has 0 radical (unpaired) electrons. The highest BCUT2D eigenvalue weighted by atomic mass is 32.2. The van der Waals surface area contributed by atoms with Crippen molar-refractivity contribution < 1.29 is 9.59 Å². The molecule has 0 aliphatic rings. The van der Waals surface area contributed by atoms with Gasteiger partial charge in [0, 0.05) is 6.54 Å². The van der Waals surface area contributed by atoms with E-state index in [1.807, 2.05) is 37.3 Å². The maximum atomic E-state index is 13.2. The average Bonchev–Trinajstić information content (AvgIpc) is 2.67. The number of thioether (sulfide) groups is 1. The van der Waals surface area contributed by atoms with Crippen molar-refractivity contribution in [3.8, 4) is 5.69 Å². The van der Waals surface area contributed by atoms with Crippen LogP contribution in [-0.4, -0.2) is 33.8 Å². The summed E-state index contributed by atoms with van der Waals surface area (Å²) in [5.74, 6) is -0.511. The summed E-state index contributed by atoms with van der Waals surface area (Å²) >= 11 is 1.11. The Morgan fingerprint density at radius 3 is 2.57 bits per heavy atom. The lowest BCUT2D eigenvalue weighted by atomic mass is 10.2. The van der Waals surface area contributed by atoms with Crippen LogP contribution < -0.4 is 16.2 Å². The molecule has 7 nitrogen and oxygen atoms in total. The number of imide groups is 1. The third-order valence-electron chi connectivity index (χ3n) is 4.02. The van der Waals surface area contributed by atoms with Crippen molar-refractivity contribution in [2.45, 2.75) is 19.0 Å². The molecule has 3 rings (SSSR count). The average molecular weight is 396 g/mol. The fraction of sp³-hybridized carbons (Fsp3) is 0.200. The molecule has 144 valence electrons. The van der Waals surface area contributed by atoms with Crippen LogP contribution in [0.3, 0.4) is 0 Å². The number of nitrogens with one attached hydrogen (secondary N) is 2. The van der Waals surface area contributed by atoms with Crippen LogP contribution in [0.15, 0.2) is 58.5 Å². The zero-order chi connectivity index (χ0) is 20.1. The minimum absolute atomic E-state index is 0.0478. The lowest BCUT2D eigenvalue weighted by Gasteiger charge is -2.15. The van der Waals surface area contributed by atoms with E-state index in [-0.39, 0.29) is 11.3 Å². The highest BCUT2D eigenvalue weighted by molar-refractivity contribution is 7.99. The Bertz CT molecular complexity index is 1090. The van der Waals surface area contributed by atoms with E-state index in [2.05, 4.69) is 15.6 Å². The third-order valence-corrected chi connectivity index (χ3v) is 4.96. The number of urea groups is 1. The first kappa shape index (κ1) is 19.6. The van der Waals surface area contributed by atoms with E-state index in [0.29, 0.717) is 28.3 Å². The molecule has 0 aliphatic carbocycles. The maximum absolute atomic E-state index is 13.2. The summed E-state index contributed by atoms with van der Waals surface area (Å²) in [4.78, 5) is 41.3. The molecule has 0 saturated heterocycles. The van der Waals surface area contributed by atoms with Crippen LogP contribution in [0.4, 0.5) is 4.79 Å². The number of para-hydroxylation sites is 2. The zero-order valence-electron chi connectivity index (χ0n) is 15.6. The number of amides is 3. The van der Waals surface area contributed by atoms with E-state index in [9.17, 15) is 14.4 Å². The molecule has 8 heteroatoms. The number of carbonyl (C=O) groups excluding carboxylic acids is 2. The second-order valence-corrected chi connectivity index (χ2v) is 6.98. The van der Waals surface area contributed by atoms with Crippen molar-refractivity contribution in [3.63, 3.8) is 0 Å². The number of benzene rings is 2. The number of carbonyl (C=O) groups is 2. The molecule has 0 bridgehead atoms. The van der Waals surface area contributed by atoms with Gasteiger partial charge < -0.3 is 5.32 Å². The Morgan fingerprint density at radius 1 is 1.11 bits per heavy atom. The fourth-order valence-corrected chi connectivity index (χ4v) is 3.54. The molecule has 0 fully saturated rings. The molecule has 0 atom stereocenters. The highest BCUT2D eigenvalue weighted by Gasteiger charge is 2.16. The number of hydrogen-bond donors (Lipinski definition) is 2. The molecular formula is C20H20N4O3S. The van der Waals surface area contributed by atoms with Crippen LogP contribution in [-0.2, 0) is 4.79 Å². The summed E-state index contributed by atoms with van der Waals surface area (Å²) in [5, 5.41) is 5.64. The standard InChI is InChI=1S/C20H20N4O3S/c1-3-21-19(27)23-17(25)12-28-20-22-15-10-6-5-9-14(15)18(26)24(20)16-11-7-4-8-13(16)2/h4-11H,3,12H2,1-2H3,(H2,21,23,25,27). The van der Waals surface area contributed by atoms with Gasteiger partial charge >= 0.3 is 6.03 Å². The first-order valence-corrected chi connectivity index (χ1v) is 9.78. The summed E-state index contributed by atoms with van der Waals surface area (Å²) in [6.45, 7) is 4.09. The fourth-order valence-electron chi connectivity index (χ4n) is 2.73. The SMILES string of the molecule is CCNC(=O)NC(=O)CSc1nc2ccccc2c(=O)n1-c1ccccc1C. The van der Waals surface area contributed by atoms with Gasteiger partial charge in [-0.05, 0) is 37.6 Å². The molecule has 0 aliphatic heterocycles. The molecule has 0 unspecified atom stereocenters. The van der Waals surface area contributed by atoms with E-state index in [1.165, 1.54) is 4.57 Å². The normalized spacial score (nSPS) is 10.6. The van der Waals surface area contributed by atoms with Crippen LogP contribution in [0.5, 0.6) is 0 Å². The Labute approximate surface area is 166 Å². The molecule has 1 aromatic heterocycles. The third kappa shape index (κ3) is 4.23. The smallest absolute Gasteiger partial charge is 0.321 e. The van der Waals surface area contributed by atoms with Gasteiger partial charge in [0.2, 0.25) is 5.91 Å². The van der Waals surface area contributed by atoms with E-state index in [1.54, 1.807) is 25.1 Å². The van der Waals surface area contributed by atoms with Crippen LogP contribution >= 0.6 is 11.8 Å². The molecule has 3 amide bonds. The largest absolute Gasteiger partial charge is 0.338 e. The number of aryl methyl sites for hydroxylation is 1. The van der Waals surface area contributed by atoms with Crippen LogP contribution in [0.1, 0.15) is 12.5 Å². The Kier molecular flexibility index (Phi) is 6.10. The number of fused-ring (bicyclic) bond motifs is 1. The number of nitrogens with zero attached hydrogens (tertiary/aromatic N) is 2. The van der Waals surface area contributed by atoms with E-state index < -0.39 is 11.9 Å². The monoisotopic (exact) mass is 396 g/mol. The summed E-state index contributed by atoms with van der Waals surface area (Å²) < 4.78 is 1.52. The van der Waals surface area contributed by atoms with Gasteiger partial charge in [0.1, 0.15) is 0 Å². The lowest BCUT2D eigenvalue weighted by molar-refractivity contribution is -0.117. The summed E-state index contributed by atoms with van der Waals surface area (Å²) in [5.41, 5.74) is 1.98. The van der Waals surface area contributed by atoms with Crippen LogP contribution in [0, 0.1) is 6.92 Å². The van der Waals surface area contributed by atoms with Crippen molar-refractivity contribution in [2.24, 2.45) is 0 Å². The number of hydrogen-bond acceptors (Lipinski definition) is 5. The van der Waals surface area contributed by atoms with Gasteiger partial charge in [0.15, 0.2) is 5.16 Å². The number of aromatic nitrogens is 2. The first-order valence-electron chi connectivity index (χ1n) is 8.79. The summed E-state index contributed by atoms with van der Waals surface area (Å²) in [6.07, 6.45) is 0. The topological polar surface area (TPSA) is 93.1 Å². The van der Waals surface area contributed by atoms with Gasteiger partial charge in [0.25, 0.3) is 5.56 Å². The Morgan fingerprint density at radius 2 is 1.82 bits per heavy atom. The van der Waals surface area contributed by atoms with E-state index >= 15 is 0 Å². The van der Waals surface area contributed by atoms with Crippen molar-refractivity contribution in [1.29, 1.82) is 0 Å². The second kappa shape index (κ2) is 8.71. The molecular weight excluding hydrogens is 376 g/mol. The van der Waals surface area contributed by atoms with Crippen LogP contribution in [0.25, 0.3) is 16.6 Å². The quantitative estimate of drug-likeness (QED) is 0.511. The van der Waals surface area contributed by atoms with E-state index in [0.717, 1.165) is 17.3 Å². The second-order valence-electron chi connectivity index (χ2n) is 6.03. The van der Waals surface area contributed by atoms with Gasteiger partial charge in [-0.3, -0.25) is 19.5 Å². The van der Waals surface area contributed by atoms with Gasteiger partial charge in [-0.25, -0.2) is 9.78 Å². The van der Waals surface area contributed by atoms with Gasteiger partial charge in [-0.15, -0.1) is 0 Å². The number of rotatable bonds is 5. The Hall–Kier alpha value is -3.13. The molecule has 3 aromatic rings. The molecule has 28 heavy (non-hydrogen) atoms. The molecule has 0 saturated carbocycles. The predicted octanol–water partition coefficient (Wildman–Crippen LogP) is 2.63. The highest BCUT2D eigenvalue weighted by Crippen LogP contribution is 2.22. The minimum Gasteiger partial charge on any atom is -0.338 e. The van der Waals surface area contributed by atoms with Crippen molar-refractivity contribution >= 4 is 34.6 Å². The molecule has 0 spiro atoms. The van der Waals surface area contributed by atoms with Gasteiger partial charge in [-0.2, -0.15) is 0 Å². The predicted molar refractivity (Wildman–Crippen MR) is 110 cm³/mol. The zero-order valence-corrected chi connectivity index (χ0v) is 16.4. The van der Waals surface area contributed by atoms with E-state index in [4.69, 9.17) is 0 Å². The summed E-state index contributed by atoms with van der Waals surface area (Å²) in [7, 11) is 0. The van der Waals surface area contributed by atoms with Crippen LogP contribution in [0.2, 0.25) is 0 Å². The minimum atomic E-state index is -0.545. The molecule has 2 aromatic carbocycles. The first-order chi connectivity index (χ1) is 13.5. The van der Waals surface area contributed by atoms with Crippen molar-refractivity contribution in [1.82, 2.24) is 20.2 Å². The van der Waals surface area contributed by atoms with Crippen molar-refractivity contribution in [3.05, 3.63) is 64.4 Å². The summed E-state index contributed by atoms with van der Waals surface area (Å²) in [6, 6.07) is 14.0. The van der Waals surface area contributed by atoms with Gasteiger partial charge in [0.05, 0.1) is 22.3 Å². The lowest BCUT2D eigenvalue weighted by Crippen LogP contribution is -2.40.